The van der Waals surface area contributed by atoms with E-state index in [1.807, 2.05) is 36.6 Å². The van der Waals surface area contributed by atoms with Crippen LogP contribution in [0, 0.1) is 19.8 Å². The molecule has 4 aromatic rings. The van der Waals surface area contributed by atoms with Gasteiger partial charge in [0.05, 0.1) is 22.3 Å². The Morgan fingerprint density at radius 2 is 1.51 bits per heavy atom. The standard InChI is InChI=1S/C32H34F6N4S/c1-4-41(16-22-9-5-6-10-22)29-27(21(3)26-11-7-8-12-28(26)40-29)18-42(30-39-20(2)19-43-30)17-23-13-24(31(33,34)35)15-25(14-23)32(36,37)38/h7-8,11-15,19,22H,4-6,9-10,16-18H2,1-3H3. The highest BCUT2D eigenvalue weighted by Crippen LogP contribution is 2.38. The van der Waals surface area contributed by atoms with Gasteiger partial charge >= 0.3 is 12.4 Å². The van der Waals surface area contributed by atoms with E-state index in [2.05, 4.69) is 16.8 Å². The zero-order chi connectivity index (χ0) is 30.9. The topological polar surface area (TPSA) is 32.3 Å². The summed E-state index contributed by atoms with van der Waals surface area (Å²) in [6.07, 6.45) is -5.14. The second-order valence-corrected chi connectivity index (χ2v) is 12.1. The van der Waals surface area contributed by atoms with Crippen molar-refractivity contribution in [2.75, 3.05) is 22.9 Å². The molecule has 0 N–H and O–H groups in total. The van der Waals surface area contributed by atoms with Crippen LogP contribution < -0.4 is 9.80 Å². The summed E-state index contributed by atoms with van der Waals surface area (Å²) < 4.78 is 82.1. The molecule has 0 spiro atoms. The fourth-order valence-electron chi connectivity index (χ4n) is 5.92. The van der Waals surface area contributed by atoms with Crippen molar-refractivity contribution in [2.45, 2.75) is 71.9 Å². The number of thiazole rings is 1. The van der Waals surface area contributed by atoms with Gasteiger partial charge in [-0.15, -0.1) is 11.3 Å². The Kier molecular flexibility index (Phi) is 8.92. The largest absolute Gasteiger partial charge is 0.416 e. The first-order valence-electron chi connectivity index (χ1n) is 14.4. The van der Waals surface area contributed by atoms with E-state index in [1.165, 1.54) is 24.2 Å². The van der Waals surface area contributed by atoms with E-state index < -0.39 is 23.5 Å². The summed E-state index contributed by atoms with van der Waals surface area (Å²) in [6.45, 7) is 7.46. The highest BCUT2D eigenvalue weighted by Gasteiger charge is 2.37. The number of pyridine rings is 1. The summed E-state index contributed by atoms with van der Waals surface area (Å²) in [5.41, 5.74) is 0.665. The molecule has 230 valence electrons. The Labute approximate surface area is 251 Å². The molecular weight excluding hydrogens is 586 g/mol. The van der Waals surface area contributed by atoms with Gasteiger partial charge in [-0.1, -0.05) is 31.0 Å². The van der Waals surface area contributed by atoms with Gasteiger partial charge in [-0.05, 0) is 74.9 Å². The summed E-state index contributed by atoms with van der Waals surface area (Å²) in [6, 6.07) is 9.57. The summed E-state index contributed by atoms with van der Waals surface area (Å²) >= 11 is 1.31. The number of halogens is 6. The maximum Gasteiger partial charge on any atom is 0.416 e. The minimum absolute atomic E-state index is 0.0961. The zero-order valence-corrected chi connectivity index (χ0v) is 25.1. The van der Waals surface area contributed by atoms with E-state index in [0.717, 1.165) is 65.1 Å². The van der Waals surface area contributed by atoms with Gasteiger partial charge < -0.3 is 9.80 Å². The molecule has 1 aliphatic rings. The van der Waals surface area contributed by atoms with Crippen LogP contribution in [0.2, 0.25) is 0 Å². The molecule has 0 saturated heterocycles. The van der Waals surface area contributed by atoms with Crippen LogP contribution in [0.5, 0.6) is 0 Å². The molecule has 0 bridgehead atoms. The van der Waals surface area contributed by atoms with Crippen LogP contribution in [0.1, 0.15) is 66.1 Å². The fourth-order valence-corrected chi connectivity index (χ4v) is 6.72. The number of nitrogens with zero attached hydrogens (tertiary/aromatic N) is 4. The first kappa shape index (κ1) is 31.1. The number of benzene rings is 2. The first-order chi connectivity index (χ1) is 20.3. The minimum Gasteiger partial charge on any atom is -0.356 e. The lowest BCUT2D eigenvalue weighted by Gasteiger charge is -2.31. The Balaban J connectivity index is 1.61. The van der Waals surface area contributed by atoms with Gasteiger partial charge in [-0.25, -0.2) is 9.97 Å². The van der Waals surface area contributed by atoms with Crippen molar-refractivity contribution in [2.24, 2.45) is 5.92 Å². The van der Waals surface area contributed by atoms with Gasteiger partial charge in [0.1, 0.15) is 5.82 Å². The van der Waals surface area contributed by atoms with Crippen LogP contribution in [0.25, 0.3) is 10.9 Å². The van der Waals surface area contributed by atoms with Crippen molar-refractivity contribution in [3.8, 4) is 0 Å². The predicted molar refractivity (Wildman–Crippen MR) is 160 cm³/mol. The van der Waals surface area contributed by atoms with Gasteiger partial charge in [0, 0.05) is 42.5 Å². The van der Waals surface area contributed by atoms with Crippen LogP contribution in [-0.4, -0.2) is 23.1 Å². The van der Waals surface area contributed by atoms with E-state index in [-0.39, 0.29) is 24.7 Å². The molecule has 0 aliphatic heterocycles. The van der Waals surface area contributed by atoms with Crippen LogP contribution in [-0.2, 0) is 25.4 Å². The lowest BCUT2D eigenvalue weighted by atomic mass is 10.0. The zero-order valence-electron chi connectivity index (χ0n) is 24.3. The van der Waals surface area contributed by atoms with Crippen molar-refractivity contribution >= 4 is 33.2 Å². The summed E-state index contributed by atoms with van der Waals surface area (Å²) in [7, 11) is 0. The average Bonchev–Trinajstić information content (AvgIpc) is 3.63. The van der Waals surface area contributed by atoms with E-state index in [9.17, 15) is 26.3 Å². The summed E-state index contributed by atoms with van der Waals surface area (Å²) in [4.78, 5) is 13.7. The Hall–Kier alpha value is -3.34. The molecule has 4 nitrogen and oxygen atoms in total. The Bertz CT molecular complexity index is 1540. The third-order valence-electron chi connectivity index (χ3n) is 8.14. The van der Waals surface area contributed by atoms with Gasteiger partial charge in [0.25, 0.3) is 0 Å². The van der Waals surface area contributed by atoms with E-state index >= 15 is 0 Å². The number of aromatic nitrogens is 2. The second-order valence-electron chi connectivity index (χ2n) is 11.3. The van der Waals surface area contributed by atoms with Crippen LogP contribution in [0.4, 0.5) is 37.3 Å². The van der Waals surface area contributed by atoms with Crippen molar-refractivity contribution < 1.29 is 26.3 Å². The molecule has 0 amide bonds. The lowest BCUT2D eigenvalue weighted by Crippen LogP contribution is -2.32. The highest BCUT2D eigenvalue weighted by molar-refractivity contribution is 7.13. The van der Waals surface area contributed by atoms with Gasteiger partial charge in [-0.2, -0.15) is 26.3 Å². The molecule has 2 aromatic carbocycles. The molecule has 43 heavy (non-hydrogen) atoms. The molecule has 2 aromatic heterocycles. The Morgan fingerprint density at radius 1 is 0.860 bits per heavy atom. The van der Waals surface area contributed by atoms with E-state index in [4.69, 9.17) is 4.98 Å². The van der Waals surface area contributed by atoms with Crippen molar-refractivity contribution in [1.82, 2.24) is 9.97 Å². The van der Waals surface area contributed by atoms with Crippen LogP contribution in [0.15, 0.2) is 47.8 Å². The first-order valence-corrected chi connectivity index (χ1v) is 15.3. The monoisotopic (exact) mass is 620 g/mol. The number of para-hydroxylation sites is 1. The van der Waals surface area contributed by atoms with Crippen LogP contribution in [0.3, 0.4) is 0 Å². The number of hydrogen-bond acceptors (Lipinski definition) is 5. The Morgan fingerprint density at radius 3 is 2.09 bits per heavy atom. The van der Waals surface area contributed by atoms with Crippen molar-refractivity contribution in [3.05, 3.63) is 81.4 Å². The minimum atomic E-state index is -4.92. The van der Waals surface area contributed by atoms with Gasteiger partial charge in [0.15, 0.2) is 5.13 Å². The number of anilines is 2. The number of rotatable bonds is 9. The molecule has 5 rings (SSSR count). The van der Waals surface area contributed by atoms with Crippen molar-refractivity contribution in [3.63, 3.8) is 0 Å². The fraction of sp³-hybridized carbons (Fsp3) is 0.438. The second kappa shape index (κ2) is 12.3. The maximum absolute atomic E-state index is 13.7. The number of aryl methyl sites for hydroxylation is 2. The van der Waals surface area contributed by atoms with E-state index in [1.54, 1.807) is 11.8 Å². The quantitative estimate of drug-likeness (QED) is 0.175. The third kappa shape index (κ3) is 7.08. The number of alkyl halides is 6. The maximum atomic E-state index is 13.7. The average molecular weight is 621 g/mol. The smallest absolute Gasteiger partial charge is 0.356 e. The molecule has 1 saturated carbocycles. The van der Waals surface area contributed by atoms with Crippen LogP contribution >= 0.6 is 11.3 Å². The SMILES string of the molecule is CCN(CC1CCCC1)c1nc2ccccc2c(C)c1CN(Cc1cc(C(F)(F)F)cc(C(F)(F)F)c1)c1nc(C)cs1. The summed E-state index contributed by atoms with van der Waals surface area (Å²) in [5.74, 6) is 1.34. The molecule has 1 aliphatic carbocycles. The number of hydrogen-bond donors (Lipinski definition) is 0. The molecule has 11 heteroatoms. The molecular formula is C32H34F6N4S. The molecule has 2 heterocycles. The molecule has 0 atom stereocenters. The number of fused-ring (bicyclic) bond motifs is 1. The molecule has 0 unspecified atom stereocenters. The summed E-state index contributed by atoms with van der Waals surface area (Å²) in [5, 5.41) is 3.29. The predicted octanol–water partition coefficient (Wildman–Crippen LogP) is 9.57. The van der Waals surface area contributed by atoms with Gasteiger partial charge in [-0.3, -0.25) is 0 Å². The third-order valence-corrected chi connectivity index (χ3v) is 9.16. The van der Waals surface area contributed by atoms with Gasteiger partial charge in [0.2, 0.25) is 0 Å². The van der Waals surface area contributed by atoms with E-state index in [0.29, 0.717) is 17.6 Å². The lowest BCUT2D eigenvalue weighted by molar-refractivity contribution is -0.143. The van der Waals surface area contributed by atoms with Crippen molar-refractivity contribution in [1.29, 1.82) is 0 Å². The molecule has 0 radical (unpaired) electrons. The normalized spacial score (nSPS) is 14.5. The highest BCUT2D eigenvalue weighted by atomic mass is 32.1. The molecule has 1 fully saturated rings.